The number of rotatable bonds is 14. The highest BCUT2D eigenvalue weighted by molar-refractivity contribution is 5.86. The lowest BCUT2D eigenvalue weighted by Gasteiger charge is -2.21. The van der Waals surface area contributed by atoms with Crippen molar-refractivity contribution in [2.24, 2.45) is 5.41 Å². The third-order valence-electron chi connectivity index (χ3n) is 4.07. The molecule has 0 aliphatic heterocycles. The van der Waals surface area contributed by atoms with E-state index in [2.05, 4.69) is 25.5 Å². The van der Waals surface area contributed by atoms with E-state index < -0.39 is 120 Å². The van der Waals surface area contributed by atoms with Gasteiger partial charge in [0.25, 0.3) is 0 Å². The third kappa shape index (κ3) is 64.7. The van der Waals surface area contributed by atoms with Crippen molar-refractivity contribution < 1.29 is 157 Å². The van der Waals surface area contributed by atoms with Crippen molar-refractivity contribution in [1.82, 2.24) is 0 Å². The molecule has 0 heterocycles. The van der Waals surface area contributed by atoms with Crippen molar-refractivity contribution in [2.75, 3.05) is 80.0 Å². The Morgan fingerprint density at radius 2 is 0.873 bits per heavy atom. The molecule has 63 heavy (non-hydrogen) atoms. The number of ether oxygens (including phenoxy) is 4. The van der Waals surface area contributed by atoms with E-state index in [0.29, 0.717) is 5.57 Å². The monoisotopic (exact) mass is 996 g/mol. The fraction of sp³-hybridized carbons (Fsp3) is 0.793. The molecule has 0 saturated carbocycles. The number of esters is 4. The van der Waals surface area contributed by atoms with E-state index in [1.807, 2.05) is 0 Å². The molecule has 34 heteroatoms. The highest BCUT2D eigenvalue weighted by Gasteiger charge is 2.64. The van der Waals surface area contributed by atoms with Gasteiger partial charge in [-0.2, -0.15) is 48.3 Å². The number of hydrogen-bond donors (Lipinski definition) is 6. The van der Waals surface area contributed by atoms with Gasteiger partial charge in [0.05, 0.1) is 52.4 Å². The van der Waals surface area contributed by atoms with Crippen molar-refractivity contribution in [3.8, 4) is 0 Å². The van der Waals surface area contributed by atoms with E-state index in [1.54, 1.807) is 6.92 Å². The largest absolute Gasteiger partial charge is 0.559 e. The minimum atomic E-state index is -5.97. The van der Waals surface area contributed by atoms with Crippen LogP contribution in [0.4, 0.5) is 87.8 Å². The Labute approximate surface area is 342 Å². The van der Waals surface area contributed by atoms with Crippen LogP contribution in [0.2, 0.25) is 0 Å². The van der Waals surface area contributed by atoms with Gasteiger partial charge in [0.1, 0.15) is 19.8 Å². The fourth-order valence-corrected chi connectivity index (χ4v) is 1.43. The maximum absolute atomic E-state index is 12.0. The van der Waals surface area contributed by atoms with Gasteiger partial charge >= 0.3 is 54.8 Å². The summed E-state index contributed by atoms with van der Waals surface area (Å²) >= 11 is 0. The van der Waals surface area contributed by atoms with Gasteiger partial charge in [-0.1, -0.05) is 20.4 Å². The summed E-state index contributed by atoms with van der Waals surface area (Å²) in [4.78, 5) is 40.5. The number of alkyl halides is 20. The average molecular weight is 997 g/mol. The van der Waals surface area contributed by atoms with Crippen LogP contribution in [0.1, 0.15) is 27.2 Å². The predicted molar refractivity (Wildman–Crippen MR) is 169 cm³/mol. The van der Waals surface area contributed by atoms with Gasteiger partial charge in [-0.05, 0) is 6.92 Å². The molecule has 0 fully saturated rings. The molecule has 0 amide bonds. The molecule has 0 radical (unpaired) electrons. The van der Waals surface area contributed by atoms with E-state index in [4.69, 9.17) is 30.6 Å². The van der Waals surface area contributed by atoms with Crippen LogP contribution in [0.5, 0.6) is 0 Å². The summed E-state index contributed by atoms with van der Waals surface area (Å²) in [6.07, 6.45) is -22.2. The molecule has 1 atom stereocenters. The number of carbonyl (C=O) groups excluding carboxylic acids is 4. The van der Waals surface area contributed by atoms with Crippen molar-refractivity contribution >= 4 is 23.9 Å². The Bertz CT molecular complexity index is 1130. The van der Waals surface area contributed by atoms with Crippen LogP contribution in [0.15, 0.2) is 12.2 Å². The lowest BCUT2D eigenvalue weighted by molar-refractivity contribution is -0.280. The predicted octanol–water partition coefficient (Wildman–Crippen LogP) is 4.95. The minimum absolute atomic E-state index is 0.0382. The van der Waals surface area contributed by atoms with Gasteiger partial charge in [0.15, 0.2) is 0 Å². The average Bonchev–Trinajstić information content (AvgIpc) is 3.13. The minimum Gasteiger partial charge on any atom is -0.460 e. The van der Waals surface area contributed by atoms with E-state index in [9.17, 15) is 107 Å². The van der Waals surface area contributed by atoms with Crippen LogP contribution in [-0.4, -0.2) is 171 Å². The Kier molecular flexibility index (Phi) is 50.8. The second-order valence-corrected chi connectivity index (χ2v) is 10.3. The van der Waals surface area contributed by atoms with Crippen molar-refractivity contribution in [2.45, 2.75) is 64.2 Å². The molecule has 0 aliphatic rings. The van der Waals surface area contributed by atoms with Crippen molar-refractivity contribution in [1.29, 1.82) is 0 Å². The molecule has 14 nitrogen and oxygen atoms in total. The summed E-state index contributed by atoms with van der Waals surface area (Å²) in [6, 6.07) is 0. The maximum atomic E-state index is 12.0. The summed E-state index contributed by atoms with van der Waals surface area (Å²) < 4.78 is 230. The van der Waals surface area contributed by atoms with Crippen LogP contribution in [0.25, 0.3) is 0 Å². The zero-order valence-corrected chi connectivity index (χ0v) is 32.5. The van der Waals surface area contributed by atoms with E-state index in [-0.39, 0.29) is 32.8 Å². The smallest absolute Gasteiger partial charge is 0.460 e. The molecule has 0 aromatic carbocycles. The molecule has 1 unspecified atom stereocenters. The second kappa shape index (κ2) is 42.0. The van der Waals surface area contributed by atoms with Crippen LogP contribution in [-0.2, 0) is 38.1 Å². The Balaban J connectivity index is -0.0000000954. The van der Waals surface area contributed by atoms with Gasteiger partial charge in [0, 0.05) is 17.4 Å². The number of aliphatic hydroxyl groups is 6. The van der Waals surface area contributed by atoms with Gasteiger partial charge in [-0.3, -0.25) is 4.39 Å². The molecule has 0 saturated heterocycles. The number of aliphatic hydroxyl groups excluding tert-OH is 6. The molecule has 0 aromatic heterocycles. The summed E-state index contributed by atoms with van der Waals surface area (Å²) in [6.45, 7) is -0.391. The van der Waals surface area contributed by atoms with Crippen LogP contribution in [0.3, 0.4) is 0 Å². The summed E-state index contributed by atoms with van der Waals surface area (Å²) in [5.41, 5.74) is -0.496. The van der Waals surface area contributed by atoms with Crippen LogP contribution in [0, 0.1) is 5.41 Å². The number of halogens is 20. The Hall–Kier alpha value is -4.02. The van der Waals surface area contributed by atoms with Gasteiger partial charge in [-0.25, -0.2) is 36.7 Å². The first kappa shape index (κ1) is 76.3. The molecular weight excluding hydrogens is 952 g/mol. The molecular formula is C29H44F20O14. The van der Waals surface area contributed by atoms with E-state index in [1.165, 1.54) is 13.8 Å². The summed E-state index contributed by atoms with van der Waals surface area (Å²) in [7, 11) is 0. The SMILES string of the molecule is C=C(C)C(=O)OCCO.CC(C)(CO)COC(=O)C(F)(F)F.FC(F)(F)F.FCF.FCF.O=C(OCCO)C(F)(F)C(F)(F)F.O=C(OCCO)C(F)(F)F.OCC(O)CCF. The van der Waals surface area contributed by atoms with Crippen LogP contribution < -0.4 is 0 Å². The molecule has 0 bridgehead atoms. The second-order valence-electron chi connectivity index (χ2n) is 10.3. The lowest BCUT2D eigenvalue weighted by Crippen LogP contribution is -2.45. The van der Waals surface area contributed by atoms with Gasteiger partial charge in [0.2, 0.25) is 13.9 Å². The first-order chi connectivity index (χ1) is 28.2. The fourth-order valence-electron chi connectivity index (χ4n) is 1.43. The Morgan fingerprint density at radius 3 is 1.10 bits per heavy atom. The molecule has 384 valence electrons. The third-order valence-corrected chi connectivity index (χ3v) is 4.07. The normalized spacial score (nSPS) is 11.4. The quantitative estimate of drug-likeness (QED) is 0.0586. The zero-order valence-electron chi connectivity index (χ0n) is 32.5. The zero-order chi connectivity index (χ0) is 52.5. The molecule has 0 rings (SSSR count). The Morgan fingerprint density at radius 1 is 0.571 bits per heavy atom. The first-order valence-corrected chi connectivity index (χ1v) is 15.4. The molecule has 0 aromatic rings. The standard InChI is InChI=1S/C7H11F3O3.C6H10O3.C5H5F5O3.C4H5F3O3.C4H9FO2.CF4.2CH2F2/c1-6(2,3-11)4-13-5(12)7(8,9)10;1-5(2)6(8)9-4-3-7;6-4(7,5(8,9)10)3(12)13-2-1-11;5-4(6,7)3(9)10-2-1-8;5-2-1-4(7)3-6;2-1(3,4)5;2*2-1-3/h11H,3-4H2,1-2H3;7H,1,3-4H2,2H3;11H,1-2H2;8H,1-2H2;4,6-7H,1-3H2;;2*1H2. The van der Waals surface area contributed by atoms with Gasteiger partial charge < -0.3 is 49.6 Å². The summed E-state index contributed by atoms with van der Waals surface area (Å²) in [5, 5.41) is 49.2. The number of carbonyl (C=O) groups is 4. The van der Waals surface area contributed by atoms with Crippen molar-refractivity contribution in [3.63, 3.8) is 0 Å². The molecule has 0 spiro atoms. The number of hydrogen-bond acceptors (Lipinski definition) is 14. The highest BCUT2D eigenvalue weighted by Crippen LogP contribution is 2.36. The lowest BCUT2D eigenvalue weighted by atomic mass is 9.97. The van der Waals surface area contributed by atoms with Gasteiger partial charge in [-0.15, -0.1) is 17.6 Å². The van der Waals surface area contributed by atoms with Crippen molar-refractivity contribution in [3.05, 3.63) is 12.2 Å². The van der Waals surface area contributed by atoms with E-state index in [0.717, 1.165) is 0 Å². The maximum Gasteiger partial charge on any atom is 0.559 e. The topological polar surface area (TPSA) is 227 Å². The van der Waals surface area contributed by atoms with Crippen LogP contribution >= 0.6 is 0 Å². The first-order valence-electron chi connectivity index (χ1n) is 15.4. The highest BCUT2D eigenvalue weighted by atomic mass is 19.5. The summed E-state index contributed by atoms with van der Waals surface area (Å²) in [5.74, 6) is -13.2. The molecule has 6 N–H and O–H groups in total. The molecule has 0 aliphatic carbocycles. The van der Waals surface area contributed by atoms with E-state index >= 15 is 0 Å².